The molecule has 1 aliphatic rings. The number of carbonyl (C=O) groups excluding carboxylic acids is 2. The largest absolute Gasteiger partial charge is 0.359 e. The van der Waals surface area contributed by atoms with Crippen molar-refractivity contribution in [1.82, 2.24) is 15.2 Å². The van der Waals surface area contributed by atoms with E-state index in [2.05, 4.69) is 10.3 Å². The van der Waals surface area contributed by atoms with Crippen LogP contribution in [-0.2, 0) is 4.79 Å². The number of hydrogen-bond donors (Lipinski definition) is 1. The highest BCUT2D eigenvalue weighted by Crippen LogP contribution is 2.29. The fourth-order valence-corrected chi connectivity index (χ4v) is 4.03. The molecular weight excluding hydrogens is 322 g/mol. The Kier molecular flexibility index (Phi) is 4.94. The van der Waals surface area contributed by atoms with Gasteiger partial charge < -0.3 is 10.2 Å². The quantitative estimate of drug-likeness (QED) is 0.932. The lowest BCUT2D eigenvalue weighted by Crippen LogP contribution is -2.42. The van der Waals surface area contributed by atoms with Crippen LogP contribution in [0.2, 0.25) is 0 Å². The van der Waals surface area contributed by atoms with Crippen LogP contribution >= 0.6 is 11.3 Å². The van der Waals surface area contributed by atoms with E-state index in [9.17, 15) is 9.59 Å². The predicted octanol–water partition coefficient (Wildman–Crippen LogP) is 2.72. The van der Waals surface area contributed by atoms with Gasteiger partial charge in [0, 0.05) is 31.6 Å². The molecule has 2 amide bonds. The molecular formula is C18H21N3O2S. The lowest BCUT2D eigenvalue weighted by Gasteiger charge is -2.30. The van der Waals surface area contributed by atoms with Crippen molar-refractivity contribution < 1.29 is 9.59 Å². The first kappa shape index (κ1) is 16.6. The SMILES string of the molecule is CNC(=O)C1CCN(C(=O)c2sc(-c3ccccc3)nc2C)CC1. The number of hydrogen-bond acceptors (Lipinski definition) is 4. The van der Waals surface area contributed by atoms with Crippen molar-refractivity contribution in [1.29, 1.82) is 0 Å². The van der Waals surface area contributed by atoms with Gasteiger partial charge in [-0.1, -0.05) is 30.3 Å². The molecule has 0 unspecified atom stereocenters. The van der Waals surface area contributed by atoms with E-state index >= 15 is 0 Å². The Morgan fingerprint density at radius 2 is 1.88 bits per heavy atom. The van der Waals surface area contributed by atoms with Crippen LogP contribution in [0, 0.1) is 12.8 Å². The molecule has 24 heavy (non-hydrogen) atoms. The third-order valence-corrected chi connectivity index (χ3v) is 5.61. The molecule has 0 spiro atoms. The van der Waals surface area contributed by atoms with Crippen molar-refractivity contribution in [2.75, 3.05) is 20.1 Å². The van der Waals surface area contributed by atoms with Crippen LogP contribution in [0.5, 0.6) is 0 Å². The molecule has 126 valence electrons. The van der Waals surface area contributed by atoms with Crippen molar-refractivity contribution in [3.63, 3.8) is 0 Å². The van der Waals surface area contributed by atoms with Crippen LogP contribution in [0.3, 0.4) is 0 Å². The van der Waals surface area contributed by atoms with Crippen LogP contribution in [0.1, 0.15) is 28.2 Å². The Bertz CT molecular complexity index is 734. The molecule has 0 atom stereocenters. The summed E-state index contributed by atoms with van der Waals surface area (Å²) in [7, 11) is 1.66. The molecule has 3 rings (SSSR count). The molecule has 2 heterocycles. The second-order valence-corrected chi connectivity index (χ2v) is 6.98. The molecule has 0 saturated carbocycles. The van der Waals surface area contributed by atoms with Gasteiger partial charge in [0.15, 0.2) is 0 Å². The molecule has 1 aromatic carbocycles. The van der Waals surface area contributed by atoms with E-state index in [0.717, 1.165) is 29.1 Å². The van der Waals surface area contributed by atoms with Gasteiger partial charge in [0.2, 0.25) is 5.91 Å². The predicted molar refractivity (Wildman–Crippen MR) is 95.0 cm³/mol. The number of aromatic nitrogens is 1. The normalized spacial score (nSPS) is 15.3. The number of amides is 2. The van der Waals surface area contributed by atoms with Gasteiger partial charge in [-0.3, -0.25) is 9.59 Å². The van der Waals surface area contributed by atoms with Crippen molar-refractivity contribution in [2.45, 2.75) is 19.8 Å². The van der Waals surface area contributed by atoms with E-state index in [1.54, 1.807) is 7.05 Å². The highest BCUT2D eigenvalue weighted by atomic mass is 32.1. The average molecular weight is 343 g/mol. The Hall–Kier alpha value is -2.21. The molecule has 1 N–H and O–H groups in total. The van der Waals surface area contributed by atoms with Crippen LogP contribution in [-0.4, -0.2) is 41.8 Å². The maximum absolute atomic E-state index is 12.8. The summed E-state index contributed by atoms with van der Waals surface area (Å²) >= 11 is 1.44. The number of carbonyl (C=O) groups is 2. The van der Waals surface area contributed by atoms with Gasteiger partial charge in [0.25, 0.3) is 5.91 Å². The molecule has 5 nitrogen and oxygen atoms in total. The zero-order valence-electron chi connectivity index (χ0n) is 13.9. The smallest absolute Gasteiger partial charge is 0.265 e. The lowest BCUT2D eigenvalue weighted by molar-refractivity contribution is -0.125. The molecule has 1 aliphatic heterocycles. The first-order valence-corrected chi connectivity index (χ1v) is 8.95. The maximum Gasteiger partial charge on any atom is 0.265 e. The summed E-state index contributed by atoms with van der Waals surface area (Å²) in [6, 6.07) is 9.91. The zero-order valence-corrected chi connectivity index (χ0v) is 14.7. The van der Waals surface area contributed by atoms with Crippen molar-refractivity contribution in [3.05, 3.63) is 40.9 Å². The van der Waals surface area contributed by atoms with Gasteiger partial charge in [-0.05, 0) is 19.8 Å². The van der Waals surface area contributed by atoms with Crippen LogP contribution < -0.4 is 5.32 Å². The number of likely N-dealkylation sites (tertiary alicyclic amines) is 1. The molecule has 1 fully saturated rings. The van der Waals surface area contributed by atoms with Gasteiger partial charge >= 0.3 is 0 Å². The second-order valence-electron chi connectivity index (χ2n) is 5.98. The number of nitrogens with one attached hydrogen (secondary N) is 1. The third-order valence-electron chi connectivity index (χ3n) is 4.41. The minimum absolute atomic E-state index is 0.0153. The van der Waals surface area contributed by atoms with Crippen molar-refractivity contribution in [2.24, 2.45) is 5.92 Å². The van der Waals surface area contributed by atoms with Gasteiger partial charge in [-0.25, -0.2) is 4.98 Å². The maximum atomic E-state index is 12.8. The molecule has 0 radical (unpaired) electrons. The summed E-state index contributed by atoms with van der Waals surface area (Å²) in [6.07, 6.45) is 1.43. The standard InChI is InChI=1S/C18H21N3O2S/c1-12-15(24-17(20-12)14-6-4-3-5-7-14)18(23)21-10-8-13(9-11-21)16(22)19-2/h3-7,13H,8-11H2,1-2H3,(H,19,22). The summed E-state index contributed by atoms with van der Waals surface area (Å²) in [6.45, 7) is 3.12. The fourth-order valence-electron chi connectivity index (χ4n) is 2.99. The minimum Gasteiger partial charge on any atom is -0.359 e. The number of rotatable bonds is 3. The van der Waals surface area contributed by atoms with E-state index in [1.807, 2.05) is 42.2 Å². The van der Waals surface area contributed by atoms with Gasteiger partial charge in [0.05, 0.1) is 5.69 Å². The summed E-state index contributed by atoms with van der Waals surface area (Å²) in [5.74, 6) is 0.117. The Morgan fingerprint density at radius 1 is 1.21 bits per heavy atom. The lowest BCUT2D eigenvalue weighted by atomic mass is 9.96. The number of aryl methyl sites for hydroxylation is 1. The minimum atomic E-state index is 0.0153. The van der Waals surface area contributed by atoms with Gasteiger partial charge in [-0.2, -0.15) is 0 Å². The number of nitrogens with zero attached hydrogens (tertiary/aromatic N) is 2. The summed E-state index contributed by atoms with van der Waals surface area (Å²) in [5.41, 5.74) is 1.81. The Balaban J connectivity index is 1.72. The van der Waals surface area contributed by atoms with E-state index in [0.29, 0.717) is 18.0 Å². The highest BCUT2D eigenvalue weighted by Gasteiger charge is 2.29. The fraction of sp³-hybridized carbons (Fsp3) is 0.389. The van der Waals surface area contributed by atoms with E-state index in [-0.39, 0.29) is 17.7 Å². The highest BCUT2D eigenvalue weighted by molar-refractivity contribution is 7.17. The van der Waals surface area contributed by atoms with E-state index in [4.69, 9.17) is 0 Å². The first-order valence-electron chi connectivity index (χ1n) is 8.14. The summed E-state index contributed by atoms with van der Waals surface area (Å²) in [4.78, 5) is 31.6. The molecule has 0 bridgehead atoms. The first-order chi connectivity index (χ1) is 11.6. The topological polar surface area (TPSA) is 62.3 Å². The van der Waals surface area contributed by atoms with Crippen LogP contribution in [0.15, 0.2) is 30.3 Å². The third kappa shape index (κ3) is 3.33. The number of piperidine rings is 1. The van der Waals surface area contributed by atoms with Crippen molar-refractivity contribution >= 4 is 23.2 Å². The molecule has 6 heteroatoms. The molecule has 0 aliphatic carbocycles. The van der Waals surface area contributed by atoms with Crippen LogP contribution in [0.25, 0.3) is 10.6 Å². The van der Waals surface area contributed by atoms with E-state index in [1.165, 1.54) is 11.3 Å². The summed E-state index contributed by atoms with van der Waals surface area (Å²) in [5, 5.41) is 3.56. The second kappa shape index (κ2) is 7.13. The molecule has 1 saturated heterocycles. The van der Waals surface area contributed by atoms with Crippen molar-refractivity contribution in [3.8, 4) is 10.6 Å². The van der Waals surface area contributed by atoms with Gasteiger partial charge in [-0.15, -0.1) is 11.3 Å². The average Bonchev–Trinajstić information content (AvgIpc) is 3.03. The molecule has 2 aromatic rings. The van der Waals surface area contributed by atoms with E-state index < -0.39 is 0 Å². The number of benzene rings is 1. The Morgan fingerprint density at radius 3 is 2.50 bits per heavy atom. The summed E-state index contributed by atoms with van der Waals surface area (Å²) < 4.78 is 0. The van der Waals surface area contributed by atoms with Gasteiger partial charge in [0.1, 0.15) is 9.88 Å². The van der Waals surface area contributed by atoms with Crippen LogP contribution in [0.4, 0.5) is 0 Å². The molecule has 1 aromatic heterocycles. The number of thiazole rings is 1. The zero-order chi connectivity index (χ0) is 17.1. The Labute approximate surface area is 145 Å². The monoisotopic (exact) mass is 343 g/mol.